The fourth-order valence-electron chi connectivity index (χ4n) is 0.883. The van der Waals surface area contributed by atoms with Gasteiger partial charge in [-0.15, -0.1) is 0 Å². The summed E-state index contributed by atoms with van der Waals surface area (Å²) in [5, 5.41) is 0. The van der Waals surface area contributed by atoms with Crippen LogP contribution in [-0.4, -0.2) is 23.7 Å². The molecule has 2 heteroatoms. The topological polar surface area (TPSA) is 0 Å². The molecule has 0 aromatic carbocycles. The third kappa shape index (κ3) is 5.53. The molecule has 0 heterocycles. The molecular weight excluding hydrogens is 238 g/mol. The second-order valence-electron chi connectivity index (χ2n) is 2.57. The van der Waals surface area contributed by atoms with Crippen LogP contribution < -0.4 is 0 Å². The summed E-state index contributed by atoms with van der Waals surface area (Å²) in [7, 11) is 0. The Morgan fingerprint density at radius 2 is 2.00 bits per heavy atom. The summed E-state index contributed by atoms with van der Waals surface area (Å²) in [5.41, 5.74) is 0. The summed E-state index contributed by atoms with van der Waals surface area (Å²) in [6.45, 7) is 4.56. The van der Waals surface area contributed by atoms with E-state index in [2.05, 4.69) is 13.8 Å². The van der Waals surface area contributed by atoms with Crippen LogP contribution in [0.1, 0.15) is 26.7 Å². The van der Waals surface area contributed by atoms with Gasteiger partial charge in [-0.3, -0.25) is 0 Å². The molecule has 0 aromatic heterocycles. The minimum atomic E-state index is -1.07. The molecule has 0 fully saturated rings. The number of hydrogen-bond acceptors (Lipinski definition) is 0. The minimum absolute atomic E-state index is 1.05. The van der Waals surface area contributed by atoms with Gasteiger partial charge in [0.25, 0.3) is 0 Å². The average molecular weight is 255 g/mol. The van der Waals surface area contributed by atoms with Crippen molar-refractivity contribution in [1.29, 1.82) is 0 Å². The van der Waals surface area contributed by atoms with Crippen molar-refractivity contribution >= 4 is 31.4 Å². The molecule has 0 rings (SSSR count). The third-order valence-corrected chi connectivity index (χ3v) is 12.7. The van der Waals surface area contributed by atoms with Crippen LogP contribution in [0.2, 0.25) is 8.87 Å². The Kier molecular flexibility index (Phi) is 8.07. The summed E-state index contributed by atoms with van der Waals surface area (Å²) in [6, 6.07) is 0. The van der Waals surface area contributed by atoms with E-state index in [9.17, 15) is 0 Å². The molecule has 0 nitrogen and oxygen atoms in total. The standard InChI is InChI=1S/C4H9.C2H5.CH2Cl.Sn.H/c1-3-4-2;2*1-2;;/h1,3-4H2,2H3;1H2,2H3;1H2;;. The maximum absolute atomic E-state index is 5.80. The maximum atomic E-state index is 5.80. The molecule has 1 unspecified atom stereocenters. The molecule has 9 heavy (non-hydrogen) atoms. The van der Waals surface area contributed by atoms with Crippen molar-refractivity contribution in [2.45, 2.75) is 35.6 Å². The molecule has 0 spiro atoms. The molecule has 0 aliphatic carbocycles. The number of halogens is 1. The van der Waals surface area contributed by atoms with Crippen LogP contribution in [-0.2, 0) is 0 Å². The SMILES string of the molecule is CCC[CH2][SnH]([CH2]C)[CH2]Cl. The Morgan fingerprint density at radius 3 is 2.33 bits per heavy atom. The quantitative estimate of drug-likeness (QED) is 0.523. The number of hydrogen-bond donors (Lipinski definition) is 0. The summed E-state index contributed by atoms with van der Waals surface area (Å²) < 4.78 is 4.03. The average Bonchev–Trinajstić information content (AvgIpc) is 1.91. The van der Waals surface area contributed by atoms with E-state index >= 15 is 0 Å². The molecule has 1 atom stereocenters. The predicted molar refractivity (Wildman–Crippen MR) is 48.1 cm³/mol. The van der Waals surface area contributed by atoms with Crippen LogP contribution in [0.3, 0.4) is 0 Å². The fraction of sp³-hybridized carbons (Fsp3) is 1.00. The van der Waals surface area contributed by atoms with Crippen molar-refractivity contribution in [2.75, 3.05) is 3.90 Å². The van der Waals surface area contributed by atoms with Crippen LogP contribution >= 0.6 is 11.6 Å². The first-order valence-electron chi connectivity index (χ1n) is 3.91. The number of alkyl halides is 1. The summed E-state index contributed by atoms with van der Waals surface area (Å²) in [4.78, 5) is 0. The Labute approximate surface area is 70.7 Å². The first-order valence-corrected chi connectivity index (χ1v) is 11.4. The zero-order valence-electron chi connectivity index (χ0n) is 6.49. The first-order chi connectivity index (χ1) is 4.35. The van der Waals surface area contributed by atoms with Crippen LogP contribution in [0.25, 0.3) is 0 Å². The molecule has 0 amide bonds. The molecule has 0 bridgehead atoms. The molecule has 0 saturated carbocycles. The molecule has 0 aliphatic rings. The Hall–Kier alpha value is 1.09. The van der Waals surface area contributed by atoms with Crippen molar-refractivity contribution in [3.63, 3.8) is 0 Å². The van der Waals surface area contributed by atoms with E-state index in [0.29, 0.717) is 0 Å². The predicted octanol–water partition coefficient (Wildman–Crippen LogP) is 2.81. The molecule has 0 N–H and O–H groups in total. The van der Waals surface area contributed by atoms with E-state index in [4.69, 9.17) is 11.6 Å². The molecular formula is C7H17ClSn. The van der Waals surface area contributed by atoms with Gasteiger partial charge in [0, 0.05) is 0 Å². The van der Waals surface area contributed by atoms with Gasteiger partial charge in [0.05, 0.1) is 0 Å². The molecule has 56 valence electrons. The van der Waals surface area contributed by atoms with Gasteiger partial charge in [0.15, 0.2) is 0 Å². The molecule has 0 aromatic rings. The van der Waals surface area contributed by atoms with Crippen LogP contribution in [0.15, 0.2) is 0 Å². The Morgan fingerprint density at radius 1 is 1.33 bits per heavy atom. The van der Waals surface area contributed by atoms with E-state index in [0.717, 1.165) is 3.90 Å². The van der Waals surface area contributed by atoms with E-state index in [-0.39, 0.29) is 0 Å². The molecule has 0 aliphatic heterocycles. The first kappa shape index (κ1) is 10.1. The van der Waals surface area contributed by atoms with Gasteiger partial charge in [-0.25, -0.2) is 0 Å². The van der Waals surface area contributed by atoms with Crippen molar-refractivity contribution in [1.82, 2.24) is 0 Å². The van der Waals surface area contributed by atoms with Crippen molar-refractivity contribution in [3.8, 4) is 0 Å². The normalized spacial score (nSPS) is 13.7. The second kappa shape index (κ2) is 7.20. The number of unbranched alkanes of at least 4 members (excludes halogenated alkanes) is 1. The Balaban J connectivity index is 3.09. The summed E-state index contributed by atoms with van der Waals surface area (Å²) in [6.07, 6.45) is 2.78. The zero-order valence-corrected chi connectivity index (χ0v) is 10.5. The van der Waals surface area contributed by atoms with E-state index in [1.807, 2.05) is 0 Å². The summed E-state index contributed by atoms with van der Waals surface area (Å²) >= 11 is 4.73. The van der Waals surface area contributed by atoms with E-state index < -0.39 is 19.8 Å². The van der Waals surface area contributed by atoms with Crippen LogP contribution in [0.5, 0.6) is 0 Å². The van der Waals surface area contributed by atoms with Gasteiger partial charge in [0.2, 0.25) is 0 Å². The van der Waals surface area contributed by atoms with E-state index in [1.54, 1.807) is 0 Å². The third-order valence-electron chi connectivity index (χ3n) is 1.76. The van der Waals surface area contributed by atoms with Gasteiger partial charge in [-0.2, -0.15) is 0 Å². The summed E-state index contributed by atoms with van der Waals surface area (Å²) in [5.74, 6) is 0. The van der Waals surface area contributed by atoms with Crippen molar-refractivity contribution in [3.05, 3.63) is 0 Å². The van der Waals surface area contributed by atoms with Gasteiger partial charge in [-0.05, 0) is 0 Å². The van der Waals surface area contributed by atoms with Gasteiger partial charge < -0.3 is 0 Å². The van der Waals surface area contributed by atoms with Crippen LogP contribution in [0, 0.1) is 0 Å². The monoisotopic (exact) mass is 256 g/mol. The van der Waals surface area contributed by atoms with Crippen LogP contribution in [0.4, 0.5) is 0 Å². The number of rotatable bonds is 5. The van der Waals surface area contributed by atoms with Gasteiger partial charge in [0.1, 0.15) is 0 Å². The van der Waals surface area contributed by atoms with Crippen molar-refractivity contribution in [2.24, 2.45) is 0 Å². The zero-order chi connectivity index (χ0) is 7.11. The van der Waals surface area contributed by atoms with Crippen molar-refractivity contribution < 1.29 is 0 Å². The second-order valence-corrected chi connectivity index (χ2v) is 14.4. The van der Waals surface area contributed by atoms with E-state index in [1.165, 1.54) is 21.7 Å². The van der Waals surface area contributed by atoms with Gasteiger partial charge >= 0.3 is 70.8 Å². The fourth-order valence-corrected chi connectivity index (χ4v) is 8.42. The van der Waals surface area contributed by atoms with Gasteiger partial charge in [-0.1, -0.05) is 0 Å². The Bertz CT molecular complexity index is 52.9. The molecule has 0 saturated heterocycles. The molecule has 0 radical (unpaired) electrons.